The molecule has 0 aromatic heterocycles. The Labute approximate surface area is 309 Å². The van der Waals surface area contributed by atoms with E-state index in [4.69, 9.17) is 4.74 Å². The van der Waals surface area contributed by atoms with Crippen molar-refractivity contribution in [1.29, 1.82) is 0 Å². The highest BCUT2D eigenvalue weighted by Gasteiger charge is 2.34. The Balaban J connectivity index is 1.69. The minimum atomic E-state index is -1.22. The third-order valence-corrected chi connectivity index (χ3v) is 8.92. The van der Waals surface area contributed by atoms with E-state index in [-0.39, 0.29) is 36.7 Å². The van der Waals surface area contributed by atoms with Crippen molar-refractivity contribution < 1.29 is 38.6 Å². The van der Waals surface area contributed by atoms with Crippen LogP contribution < -0.4 is 31.3 Å². The van der Waals surface area contributed by atoms with Gasteiger partial charge in [-0.25, -0.2) is 4.79 Å². The number of carbonyl (C=O) groups excluding carboxylic acids is 6. The van der Waals surface area contributed by atoms with E-state index in [1.807, 2.05) is 27.7 Å². The number of aryl methyl sites for hydroxylation is 1. The molecule has 0 radical (unpaired) electrons. The molecule has 13 nitrogen and oxygen atoms in total. The Bertz CT molecular complexity index is 1780. The average molecular weight is 728 g/mol. The van der Waals surface area contributed by atoms with E-state index in [2.05, 4.69) is 26.6 Å². The zero-order valence-electron chi connectivity index (χ0n) is 30.7. The number of nitrogens with one attached hydrogen (secondary N) is 5. The van der Waals surface area contributed by atoms with Crippen molar-refractivity contribution in [1.82, 2.24) is 26.6 Å². The van der Waals surface area contributed by atoms with E-state index in [1.165, 1.54) is 19.1 Å². The first-order valence-electron chi connectivity index (χ1n) is 17.7. The lowest BCUT2D eigenvalue weighted by molar-refractivity contribution is -0.140. The Hall–Kier alpha value is -5.72. The molecule has 1 heterocycles. The molecule has 4 rings (SSSR count). The van der Waals surface area contributed by atoms with Gasteiger partial charge in [0, 0.05) is 17.4 Å². The summed E-state index contributed by atoms with van der Waals surface area (Å²) in [6.45, 7) is 8.35. The van der Waals surface area contributed by atoms with Gasteiger partial charge in [0.2, 0.25) is 29.5 Å². The van der Waals surface area contributed by atoms with Crippen LogP contribution in [0.25, 0.3) is 0 Å². The van der Waals surface area contributed by atoms with Crippen molar-refractivity contribution >= 4 is 35.5 Å². The Morgan fingerprint density at radius 3 is 2.09 bits per heavy atom. The van der Waals surface area contributed by atoms with Gasteiger partial charge in [0.15, 0.2) is 0 Å². The van der Waals surface area contributed by atoms with Gasteiger partial charge in [-0.3, -0.25) is 24.0 Å². The molecule has 13 heteroatoms. The smallest absolute Gasteiger partial charge is 0.334 e. The number of hydrogen-bond acceptors (Lipinski definition) is 8. The first-order chi connectivity index (χ1) is 25.1. The van der Waals surface area contributed by atoms with Gasteiger partial charge in [-0.05, 0) is 61.4 Å². The number of carbonyl (C=O) groups is 6. The molecule has 5 amide bonds. The van der Waals surface area contributed by atoms with E-state index >= 15 is 0 Å². The largest absolute Gasteiger partial charge is 0.508 e. The summed E-state index contributed by atoms with van der Waals surface area (Å²) < 4.78 is 5.94. The zero-order valence-corrected chi connectivity index (χ0v) is 30.7. The lowest BCUT2D eigenvalue weighted by Gasteiger charge is -2.29. The second-order valence-corrected chi connectivity index (χ2v) is 14.4. The highest BCUT2D eigenvalue weighted by atomic mass is 16.5. The molecule has 4 atom stereocenters. The van der Waals surface area contributed by atoms with E-state index < -0.39 is 71.6 Å². The molecule has 0 spiro atoms. The number of ether oxygens (including phenoxy) is 1. The molecule has 0 saturated carbocycles. The van der Waals surface area contributed by atoms with Crippen LogP contribution in [0.3, 0.4) is 0 Å². The Kier molecular flexibility index (Phi) is 13.7. The maximum atomic E-state index is 13.8. The van der Waals surface area contributed by atoms with Crippen LogP contribution >= 0.6 is 0 Å². The number of phenols is 1. The van der Waals surface area contributed by atoms with E-state index in [1.54, 1.807) is 66.7 Å². The molecule has 1 aliphatic rings. The number of para-hydroxylation sites is 1. The van der Waals surface area contributed by atoms with Crippen LogP contribution in [0.5, 0.6) is 11.5 Å². The van der Waals surface area contributed by atoms with Crippen molar-refractivity contribution in [3.8, 4) is 11.5 Å². The maximum Gasteiger partial charge on any atom is 0.334 e. The third-order valence-electron chi connectivity index (χ3n) is 8.92. The summed E-state index contributed by atoms with van der Waals surface area (Å²) >= 11 is 0. The number of esters is 1. The van der Waals surface area contributed by atoms with Crippen LogP contribution in [-0.4, -0.2) is 65.3 Å². The standard InChI is InChI=1S/C40H49N5O8/c1-24(2)21-31-39(52)53-32-14-10-9-13-29(32)40(4,5)22-33(47)43-30(20-17-26-15-18-28(46)19-16-26)37(50)42-25(3)36(49)41-23-34(48)45-35(38(51)44-31)27-11-7-6-8-12-27/h6-16,18-19,24-25,30-31,35,46H,17,20-23H2,1-5H3,(H,41,49)(H,42,50)(H,43,47)(H,44,51)(H,45,48)/t25-,30?,31?,35+/m1/s1. The predicted octanol–water partition coefficient (Wildman–Crippen LogP) is 3.11. The second kappa shape index (κ2) is 18.2. The molecule has 0 aliphatic carbocycles. The fourth-order valence-electron chi connectivity index (χ4n) is 6.08. The maximum absolute atomic E-state index is 13.8. The number of hydrogen-bond donors (Lipinski definition) is 6. The lowest BCUT2D eigenvalue weighted by atomic mass is 9.80. The molecule has 0 fully saturated rings. The minimum Gasteiger partial charge on any atom is -0.508 e. The topological polar surface area (TPSA) is 192 Å². The highest BCUT2D eigenvalue weighted by molar-refractivity contribution is 5.95. The van der Waals surface area contributed by atoms with Gasteiger partial charge in [0.1, 0.15) is 35.7 Å². The number of benzene rings is 3. The Morgan fingerprint density at radius 1 is 0.755 bits per heavy atom. The second-order valence-electron chi connectivity index (χ2n) is 14.4. The first-order valence-corrected chi connectivity index (χ1v) is 17.7. The summed E-state index contributed by atoms with van der Waals surface area (Å²) in [5.41, 5.74) is 0.916. The molecule has 0 bridgehead atoms. The molecule has 0 saturated heterocycles. The van der Waals surface area contributed by atoms with E-state index in [0.717, 1.165) is 5.56 Å². The normalized spacial score (nSPS) is 22.2. The number of phenolic OH excluding ortho intramolecular Hbond substituents is 1. The minimum absolute atomic E-state index is 0.0296. The molecule has 1 aliphatic heterocycles. The van der Waals surface area contributed by atoms with Gasteiger partial charge in [-0.2, -0.15) is 0 Å². The fraction of sp³-hybridized carbons (Fsp3) is 0.400. The summed E-state index contributed by atoms with van der Waals surface area (Å²) in [6, 6.07) is 17.3. The fourth-order valence-corrected chi connectivity index (χ4v) is 6.08. The van der Waals surface area contributed by atoms with Crippen LogP contribution in [0.4, 0.5) is 0 Å². The van der Waals surface area contributed by atoms with E-state index in [0.29, 0.717) is 17.5 Å². The molecule has 282 valence electrons. The first kappa shape index (κ1) is 40.1. The molecular formula is C40H49N5O8. The van der Waals surface area contributed by atoms with Crippen molar-refractivity contribution in [2.24, 2.45) is 5.92 Å². The van der Waals surface area contributed by atoms with Gasteiger partial charge in [-0.15, -0.1) is 0 Å². The van der Waals surface area contributed by atoms with Crippen LogP contribution in [0.2, 0.25) is 0 Å². The third kappa shape index (κ3) is 11.6. The van der Waals surface area contributed by atoms with E-state index in [9.17, 15) is 33.9 Å². The highest BCUT2D eigenvalue weighted by Crippen LogP contribution is 2.35. The average Bonchev–Trinajstić information content (AvgIpc) is 3.11. The molecular weight excluding hydrogens is 678 g/mol. The van der Waals surface area contributed by atoms with Gasteiger partial charge in [-0.1, -0.05) is 88.4 Å². The summed E-state index contributed by atoms with van der Waals surface area (Å²) in [7, 11) is 0. The molecule has 3 aromatic rings. The summed E-state index contributed by atoms with van der Waals surface area (Å²) in [4.78, 5) is 81.0. The number of aromatic hydroxyl groups is 1. The van der Waals surface area contributed by atoms with Gasteiger partial charge >= 0.3 is 5.97 Å². The molecule has 2 unspecified atom stereocenters. The quantitative estimate of drug-likeness (QED) is 0.165. The van der Waals surface area contributed by atoms with Crippen molar-refractivity contribution in [2.75, 3.05) is 6.54 Å². The van der Waals surface area contributed by atoms with Crippen molar-refractivity contribution in [2.45, 2.75) is 89.9 Å². The van der Waals surface area contributed by atoms with Gasteiger partial charge in [0.25, 0.3) is 0 Å². The lowest BCUT2D eigenvalue weighted by Crippen LogP contribution is -2.54. The van der Waals surface area contributed by atoms with Crippen LogP contribution in [0.1, 0.15) is 76.6 Å². The molecule has 53 heavy (non-hydrogen) atoms. The van der Waals surface area contributed by atoms with Crippen molar-refractivity contribution in [3.63, 3.8) is 0 Å². The number of rotatable bonds is 6. The summed E-state index contributed by atoms with van der Waals surface area (Å²) in [6.07, 6.45) is 0.676. The number of amides is 5. The number of fused-ring (bicyclic) bond motifs is 1. The van der Waals surface area contributed by atoms with Crippen LogP contribution in [0.15, 0.2) is 78.9 Å². The van der Waals surface area contributed by atoms with Gasteiger partial charge in [0.05, 0.1) is 6.54 Å². The SMILES string of the molecule is CC(C)CC1NC(=O)[C@H](c2ccccc2)NC(=O)CNC(=O)[C@@H](C)NC(=O)C(CCc2ccc(O)cc2)NC(=O)CC(C)(C)c2ccccc2OC1=O. The van der Waals surface area contributed by atoms with Crippen LogP contribution in [0, 0.1) is 5.92 Å². The van der Waals surface area contributed by atoms with Gasteiger partial charge < -0.3 is 36.4 Å². The Morgan fingerprint density at radius 2 is 1.42 bits per heavy atom. The van der Waals surface area contributed by atoms with Crippen LogP contribution in [-0.2, 0) is 40.6 Å². The predicted molar refractivity (Wildman–Crippen MR) is 197 cm³/mol. The molecule has 6 N–H and O–H groups in total. The monoisotopic (exact) mass is 727 g/mol. The van der Waals surface area contributed by atoms with Crippen molar-refractivity contribution in [3.05, 3.63) is 95.6 Å². The summed E-state index contributed by atoms with van der Waals surface area (Å²) in [5, 5.41) is 23.0. The zero-order chi connectivity index (χ0) is 38.7. The molecule has 3 aromatic carbocycles. The summed E-state index contributed by atoms with van der Waals surface area (Å²) in [5.74, 6) is -3.54.